The Hall–Kier alpha value is -2.15. The molecule has 0 amide bonds. The first-order chi connectivity index (χ1) is 17.0. The van der Waals surface area contributed by atoms with Crippen LogP contribution < -0.4 is 19.6 Å². The van der Waals surface area contributed by atoms with Crippen molar-refractivity contribution >= 4 is 73.5 Å². The van der Waals surface area contributed by atoms with Gasteiger partial charge in [-0.05, 0) is 79.8 Å². The number of nitrogens with zero attached hydrogens (tertiary/aromatic N) is 2. The number of aromatic hydroxyl groups is 1. The van der Waals surface area contributed by atoms with Crippen LogP contribution in [0.1, 0.15) is 37.9 Å². The van der Waals surface area contributed by atoms with Crippen molar-refractivity contribution in [2.24, 2.45) is 4.99 Å². The summed E-state index contributed by atoms with van der Waals surface area (Å²) in [4.78, 5) is 32.1. The highest BCUT2D eigenvalue weighted by molar-refractivity contribution is 14.1. The van der Waals surface area contributed by atoms with Crippen LogP contribution in [0.25, 0.3) is 6.08 Å². The molecule has 0 saturated carbocycles. The Balaban J connectivity index is 2.03. The van der Waals surface area contributed by atoms with Crippen molar-refractivity contribution in [2.45, 2.75) is 32.9 Å². The smallest absolute Gasteiger partial charge is 0.338 e. The van der Waals surface area contributed by atoms with Gasteiger partial charge in [-0.25, -0.2) is 9.79 Å². The van der Waals surface area contributed by atoms with E-state index in [1.165, 1.54) is 11.7 Å². The number of esters is 1. The van der Waals surface area contributed by atoms with Crippen molar-refractivity contribution in [1.29, 1.82) is 0 Å². The molecule has 1 N–H and O–H groups in total. The van der Waals surface area contributed by atoms with Gasteiger partial charge in [0.25, 0.3) is 5.56 Å². The second-order valence-electron chi connectivity index (χ2n) is 8.25. The van der Waals surface area contributed by atoms with Crippen molar-refractivity contribution in [1.82, 2.24) is 4.57 Å². The van der Waals surface area contributed by atoms with Crippen molar-refractivity contribution in [3.63, 3.8) is 0 Å². The molecule has 2 heterocycles. The number of phenols is 1. The number of thiazole rings is 1. The number of methoxy groups -OCH3 is 1. The lowest BCUT2D eigenvalue weighted by atomic mass is 9.95. The van der Waals surface area contributed by atoms with Gasteiger partial charge in [0.15, 0.2) is 4.80 Å². The summed E-state index contributed by atoms with van der Waals surface area (Å²) < 4.78 is 14.3. The average Bonchev–Trinajstić information content (AvgIpc) is 3.10. The molecule has 1 aliphatic heterocycles. The first-order valence-electron chi connectivity index (χ1n) is 10.8. The number of hydrogen-bond acceptors (Lipinski definition) is 7. The molecule has 1 aromatic heterocycles. The molecule has 1 atom stereocenters. The summed E-state index contributed by atoms with van der Waals surface area (Å²) in [6.45, 7) is 5.24. The second-order valence-corrected chi connectivity index (χ2v) is 11.8. The first kappa shape index (κ1) is 26.9. The highest BCUT2D eigenvalue weighted by atomic mass is 127. The predicted octanol–water partition coefficient (Wildman–Crippen LogP) is 4.92. The molecule has 2 aromatic carbocycles. The highest BCUT2D eigenvalue weighted by Crippen LogP contribution is 2.37. The van der Waals surface area contributed by atoms with Crippen molar-refractivity contribution in [3.05, 3.63) is 85.5 Å². The number of carbonyl (C=O) groups excluding carboxylic acids is 1. The topological polar surface area (TPSA) is 90.1 Å². The Labute approximate surface area is 238 Å². The molecule has 36 heavy (non-hydrogen) atoms. The zero-order chi connectivity index (χ0) is 26.3. The SMILES string of the molecule is COc1ccc(Br)cc1[C@H]1C(C(=O)OC(C)C)=C(C)N=c2s/c(=C\c3cc(Cl)cc(I)c3O)c(=O)n21. The molecule has 7 nitrogen and oxygen atoms in total. The van der Waals surface area contributed by atoms with Crippen LogP contribution in [0.4, 0.5) is 0 Å². The zero-order valence-electron chi connectivity index (χ0n) is 19.6. The fourth-order valence-electron chi connectivity index (χ4n) is 3.91. The Morgan fingerprint density at radius 2 is 2.06 bits per heavy atom. The van der Waals surface area contributed by atoms with Crippen LogP contribution in [0, 0.1) is 3.57 Å². The Bertz CT molecular complexity index is 1590. The van der Waals surface area contributed by atoms with Crippen LogP contribution in [-0.2, 0) is 9.53 Å². The van der Waals surface area contributed by atoms with Crippen LogP contribution in [0.5, 0.6) is 11.5 Å². The lowest BCUT2D eigenvalue weighted by molar-refractivity contribution is -0.143. The van der Waals surface area contributed by atoms with Gasteiger partial charge in [0.2, 0.25) is 0 Å². The van der Waals surface area contributed by atoms with Crippen LogP contribution in [0.3, 0.4) is 0 Å². The summed E-state index contributed by atoms with van der Waals surface area (Å²) in [5.74, 6) is -0.0348. The Morgan fingerprint density at radius 1 is 1.33 bits per heavy atom. The number of fused-ring (bicyclic) bond motifs is 1. The molecule has 0 unspecified atom stereocenters. The maximum absolute atomic E-state index is 13.8. The summed E-state index contributed by atoms with van der Waals surface area (Å²) in [5, 5.41) is 11.0. The normalized spacial score (nSPS) is 15.7. The zero-order valence-corrected chi connectivity index (χ0v) is 25.0. The molecule has 0 fully saturated rings. The molecule has 11 heteroatoms. The fourth-order valence-corrected chi connectivity index (χ4v) is 6.38. The monoisotopic (exact) mass is 702 g/mol. The molecular formula is C25H21BrClIN2O5S. The number of rotatable bonds is 5. The van der Waals surface area contributed by atoms with E-state index < -0.39 is 12.0 Å². The van der Waals surface area contributed by atoms with Crippen molar-refractivity contribution in [2.75, 3.05) is 7.11 Å². The van der Waals surface area contributed by atoms with Gasteiger partial charge in [0.05, 0.1) is 32.6 Å². The van der Waals surface area contributed by atoms with E-state index in [-0.39, 0.29) is 23.0 Å². The largest absolute Gasteiger partial charge is 0.506 e. The van der Waals surface area contributed by atoms with Gasteiger partial charge < -0.3 is 14.6 Å². The van der Waals surface area contributed by atoms with Gasteiger partial charge in [-0.15, -0.1) is 0 Å². The molecule has 4 rings (SSSR count). The highest BCUT2D eigenvalue weighted by Gasteiger charge is 2.35. The lowest BCUT2D eigenvalue weighted by Crippen LogP contribution is -2.40. The minimum Gasteiger partial charge on any atom is -0.506 e. The number of carbonyl (C=O) groups is 1. The summed E-state index contributed by atoms with van der Waals surface area (Å²) in [6.07, 6.45) is 1.22. The van der Waals surface area contributed by atoms with E-state index >= 15 is 0 Å². The van der Waals surface area contributed by atoms with Gasteiger partial charge in [-0.1, -0.05) is 38.9 Å². The number of phenolic OH excluding ortho intramolecular Hbond substituents is 1. The van der Waals surface area contributed by atoms with Crippen molar-refractivity contribution in [3.8, 4) is 11.5 Å². The summed E-state index contributed by atoms with van der Waals surface area (Å²) in [7, 11) is 1.53. The standard InChI is InChI=1S/C25H21BrClIN2O5S/c1-11(2)35-24(33)20-12(3)29-25-30(21(20)16-9-14(26)5-6-18(16)34-4)23(32)19(36-25)8-13-7-15(27)10-17(28)22(13)31/h5-11,21,31H,1-4H3/b19-8-/t21-/m0/s1. The van der Waals surface area contributed by atoms with E-state index in [1.54, 1.807) is 45.0 Å². The minimum absolute atomic E-state index is 0.0217. The van der Waals surface area contributed by atoms with Gasteiger partial charge >= 0.3 is 5.97 Å². The fraction of sp³-hybridized carbons (Fsp3) is 0.240. The quantitative estimate of drug-likeness (QED) is 0.301. The third-order valence-corrected chi connectivity index (χ3v) is 7.93. The molecule has 0 bridgehead atoms. The van der Waals surface area contributed by atoms with Gasteiger partial charge in [-0.3, -0.25) is 9.36 Å². The molecule has 1 aliphatic rings. The number of halogens is 3. The molecular weight excluding hydrogens is 683 g/mol. The summed E-state index contributed by atoms with van der Waals surface area (Å²) in [5.41, 5.74) is 1.33. The maximum atomic E-state index is 13.8. The second kappa shape index (κ2) is 10.7. The van der Waals surface area contributed by atoms with Crippen LogP contribution in [-0.4, -0.2) is 28.9 Å². The minimum atomic E-state index is -0.838. The lowest BCUT2D eigenvalue weighted by Gasteiger charge is -2.26. The molecule has 3 aromatic rings. The third kappa shape index (κ3) is 5.13. The van der Waals surface area contributed by atoms with Crippen LogP contribution in [0.15, 0.2) is 55.9 Å². The van der Waals surface area contributed by atoms with Crippen LogP contribution in [0.2, 0.25) is 5.02 Å². The van der Waals surface area contributed by atoms with E-state index in [2.05, 4.69) is 20.9 Å². The molecule has 0 spiro atoms. The van der Waals surface area contributed by atoms with E-state index in [1.807, 2.05) is 34.7 Å². The third-order valence-electron chi connectivity index (χ3n) is 5.41. The van der Waals surface area contributed by atoms with Gasteiger partial charge in [0.1, 0.15) is 17.5 Å². The van der Waals surface area contributed by atoms with Gasteiger partial charge in [0, 0.05) is 20.6 Å². The number of hydrogen-bond donors (Lipinski definition) is 1. The molecule has 0 aliphatic carbocycles. The first-order valence-corrected chi connectivity index (χ1v) is 13.8. The van der Waals surface area contributed by atoms with E-state index in [9.17, 15) is 14.7 Å². The molecule has 0 saturated heterocycles. The average molecular weight is 704 g/mol. The number of allylic oxidation sites excluding steroid dienone is 1. The summed E-state index contributed by atoms with van der Waals surface area (Å²) in [6, 6.07) is 7.78. The predicted molar refractivity (Wildman–Crippen MR) is 152 cm³/mol. The van der Waals surface area contributed by atoms with Crippen LogP contribution >= 0.6 is 61.5 Å². The number of aromatic nitrogens is 1. The summed E-state index contributed by atoms with van der Waals surface area (Å²) >= 11 is 12.8. The van der Waals surface area contributed by atoms with E-state index in [0.29, 0.717) is 40.5 Å². The Morgan fingerprint density at radius 3 is 2.72 bits per heavy atom. The Kier molecular flexibility index (Phi) is 7.98. The number of ether oxygens (including phenoxy) is 2. The van der Waals surface area contributed by atoms with E-state index in [0.717, 1.165) is 15.8 Å². The molecule has 0 radical (unpaired) electrons. The van der Waals surface area contributed by atoms with Crippen molar-refractivity contribution < 1.29 is 19.4 Å². The molecule has 188 valence electrons. The van der Waals surface area contributed by atoms with E-state index in [4.69, 9.17) is 21.1 Å². The number of benzene rings is 2. The van der Waals surface area contributed by atoms with Gasteiger partial charge in [-0.2, -0.15) is 0 Å². The maximum Gasteiger partial charge on any atom is 0.338 e.